The van der Waals surface area contributed by atoms with Crippen molar-refractivity contribution in [2.75, 3.05) is 13.7 Å². The Bertz CT molecular complexity index is 347. The zero-order valence-corrected chi connectivity index (χ0v) is 9.93. The van der Waals surface area contributed by atoms with E-state index in [1.807, 2.05) is 20.8 Å². The third kappa shape index (κ3) is 3.36. The largest absolute Gasteiger partial charge is 0.493 e. The average Bonchev–Trinajstić information content (AvgIpc) is 2.13. The predicted molar refractivity (Wildman–Crippen MR) is 57.9 cm³/mol. The van der Waals surface area contributed by atoms with Crippen LogP contribution in [0.5, 0.6) is 11.5 Å². The van der Waals surface area contributed by atoms with E-state index in [0.717, 1.165) is 12.1 Å². The highest BCUT2D eigenvalue weighted by atomic mass is 19.1. The minimum absolute atomic E-state index is 0.0626. The lowest BCUT2D eigenvalue weighted by molar-refractivity contribution is 0.196. The zero-order chi connectivity index (χ0) is 12.3. The van der Waals surface area contributed by atoms with Gasteiger partial charge in [0.05, 0.1) is 13.7 Å². The zero-order valence-electron chi connectivity index (χ0n) is 9.93. The molecule has 4 heteroatoms. The van der Waals surface area contributed by atoms with Gasteiger partial charge in [-0.05, 0) is 5.41 Å². The maximum atomic E-state index is 13.3. The Morgan fingerprint density at radius 2 is 1.62 bits per heavy atom. The molecule has 90 valence electrons. The molecule has 0 atom stereocenters. The van der Waals surface area contributed by atoms with Gasteiger partial charge in [-0.1, -0.05) is 20.8 Å². The average molecular weight is 230 g/mol. The number of halogens is 2. The van der Waals surface area contributed by atoms with E-state index in [4.69, 9.17) is 4.74 Å². The smallest absolute Gasteiger partial charge is 0.190 e. The summed E-state index contributed by atoms with van der Waals surface area (Å²) in [7, 11) is 1.22. The van der Waals surface area contributed by atoms with Gasteiger partial charge in [0.2, 0.25) is 0 Å². The van der Waals surface area contributed by atoms with E-state index in [1.165, 1.54) is 7.11 Å². The van der Waals surface area contributed by atoms with Crippen LogP contribution in [0.2, 0.25) is 0 Å². The molecule has 1 aromatic carbocycles. The molecule has 0 saturated heterocycles. The number of hydrogen-bond acceptors (Lipinski definition) is 2. The summed E-state index contributed by atoms with van der Waals surface area (Å²) in [6.07, 6.45) is 0. The van der Waals surface area contributed by atoms with Crippen LogP contribution < -0.4 is 9.47 Å². The van der Waals surface area contributed by atoms with Crippen molar-refractivity contribution >= 4 is 0 Å². The second-order valence-electron chi connectivity index (χ2n) is 4.77. The molecule has 0 radical (unpaired) electrons. The van der Waals surface area contributed by atoms with Gasteiger partial charge in [0.1, 0.15) is 5.75 Å². The molecule has 0 aliphatic carbocycles. The third-order valence-electron chi connectivity index (χ3n) is 1.85. The molecule has 0 unspecified atom stereocenters. The molecular formula is C12H16F2O2. The highest BCUT2D eigenvalue weighted by Crippen LogP contribution is 2.27. The van der Waals surface area contributed by atoms with Crippen molar-refractivity contribution in [3.63, 3.8) is 0 Å². The molecule has 0 spiro atoms. The van der Waals surface area contributed by atoms with Crippen LogP contribution in [-0.2, 0) is 0 Å². The minimum Gasteiger partial charge on any atom is -0.493 e. The van der Waals surface area contributed by atoms with Gasteiger partial charge in [-0.3, -0.25) is 0 Å². The maximum Gasteiger partial charge on any atom is 0.190 e. The molecule has 0 N–H and O–H groups in total. The lowest BCUT2D eigenvalue weighted by atomic mass is 9.99. The lowest BCUT2D eigenvalue weighted by Crippen LogP contribution is -2.17. The Labute approximate surface area is 94.2 Å². The van der Waals surface area contributed by atoms with Crippen molar-refractivity contribution in [3.8, 4) is 11.5 Å². The fourth-order valence-electron chi connectivity index (χ4n) is 1.11. The molecule has 2 nitrogen and oxygen atoms in total. The van der Waals surface area contributed by atoms with Crippen molar-refractivity contribution in [3.05, 3.63) is 23.8 Å². The van der Waals surface area contributed by atoms with Crippen LogP contribution in [-0.4, -0.2) is 13.7 Å². The fourth-order valence-corrected chi connectivity index (χ4v) is 1.11. The number of ether oxygens (including phenoxy) is 2. The molecule has 0 bridgehead atoms. The second kappa shape index (κ2) is 4.68. The SMILES string of the molecule is COc1c(F)cc(OCC(C)(C)C)cc1F. The van der Waals surface area contributed by atoms with Crippen molar-refractivity contribution in [2.24, 2.45) is 5.41 Å². The minimum atomic E-state index is -0.758. The first-order valence-corrected chi connectivity index (χ1v) is 4.99. The number of methoxy groups -OCH3 is 1. The first kappa shape index (κ1) is 12.7. The molecule has 0 saturated carbocycles. The molecule has 0 heterocycles. The van der Waals surface area contributed by atoms with Crippen molar-refractivity contribution < 1.29 is 18.3 Å². The van der Waals surface area contributed by atoms with Gasteiger partial charge in [0, 0.05) is 12.1 Å². The number of benzene rings is 1. The molecule has 0 amide bonds. The van der Waals surface area contributed by atoms with Gasteiger partial charge in [0.15, 0.2) is 17.4 Å². The summed E-state index contributed by atoms with van der Waals surface area (Å²) in [5.74, 6) is -1.73. The molecular weight excluding hydrogens is 214 g/mol. The van der Waals surface area contributed by atoms with Gasteiger partial charge in [-0.2, -0.15) is 0 Å². The standard InChI is InChI=1S/C12H16F2O2/c1-12(2,3)7-16-8-5-9(13)11(15-4)10(14)6-8/h5-6H,7H2,1-4H3. The van der Waals surface area contributed by atoms with Crippen LogP contribution in [0.3, 0.4) is 0 Å². The highest BCUT2D eigenvalue weighted by molar-refractivity contribution is 5.34. The van der Waals surface area contributed by atoms with Crippen LogP contribution in [0.25, 0.3) is 0 Å². The summed E-state index contributed by atoms with van der Waals surface area (Å²) in [5, 5.41) is 0. The fraction of sp³-hybridized carbons (Fsp3) is 0.500. The van der Waals surface area contributed by atoms with Crippen LogP contribution >= 0.6 is 0 Å². The first-order chi connectivity index (χ1) is 7.33. The summed E-state index contributed by atoms with van der Waals surface area (Å²) >= 11 is 0. The van der Waals surface area contributed by atoms with E-state index in [-0.39, 0.29) is 16.9 Å². The molecule has 16 heavy (non-hydrogen) atoms. The Morgan fingerprint density at radius 1 is 1.12 bits per heavy atom. The lowest BCUT2D eigenvalue weighted by Gasteiger charge is -2.19. The van der Waals surface area contributed by atoms with E-state index in [1.54, 1.807) is 0 Å². The summed E-state index contributed by atoms with van der Waals surface area (Å²) in [5.41, 5.74) is -0.0626. The van der Waals surface area contributed by atoms with Gasteiger partial charge in [0.25, 0.3) is 0 Å². The van der Waals surface area contributed by atoms with Crippen LogP contribution in [0.15, 0.2) is 12.1 Å². The van der Waals surface area contributed by atoms with Gasteiger partial charge in [-0.25, -0.2) is 8.78 Å². The Morgan fingerprint density at radius 3 is 2.00 bits per heavy atom. The van der Waals surface area contributed by atoms with Crippen LogP contribution in [0.4, 0.5) is 8.78 Å². The maximum absolute atomic E-state index is 13.3. The summed E-state index contributed by atoms with van der Waals surface area (Å²) in [6, 6.07) is 2.24. The van der Waals surface area contributed by atoms with E-state index < -0.39 is 11.6 Å². The van der Waals surface area contributed by atoms with Crippen molar-refractivity contribution in [1.82, 2.24) is 0 Å². The quantitative estimate of drug-likeness (QED) is 0.792. The third-order valence-corrected chi connectivity index (χ3v) is 1.85. The second-order valence-corrected chi connectivity index (χ2v) is 4.77. The van der Waals surface area contributed by atoms with Crippen molar-refractivity contribution in [2.45, 2.75) is 20.8 Å². The van der Waals surface area contributed by atoms with Gasteiger partial charge < -0.3 is 9.47 Å². The normalized spacial score (nSPS) is 11.4. The molecule has 0 aromatic heterocycles. The Hall–Kier alpha value is -1.32. The van der Waals surface area contributed by atoms with E-state index in [0.29, 0.717) is 6.61 Å². The van der Waals surface area contributed by atoms with E-state index in [2.05, 4.69) is 4.74 Å². The molecule has 0 aliphatic heterocycles. The summed E-state index contributed by atoms with van der Waals surface area (Å²) < 4.78 is 36.4. The first-order valence-electron chi connectivity index (χ1n) is 4.99. The van der Waals surface area contributed by atoms with Crippen LogP contribution in [0.1, 0.15) is 20.8 Å². The number of rotatable bonds is 3. The van der Waals surface area contributed by atoms with Gasteiger partial charge >= 0.3 is 0 Å². The summed E-state index contributed by atoms with van der Waals surface area (Å²) in [6.45, 7) is 6.31. The Balaban J connectivity index is 2.84. The number of hydrogen-bond donors (Lipinski definition) is 0. The molecule has 1 aromatic rings. The highest BCUT2D eigenvalue weighted by Gasteiger charge is 2.15. The van der Waals surface area contributed by atoms with Gasteiger partial charge in [-0.15, -0.1) is 0 Å². The summed E-state index contributed by atoms with van der Waals surface area (Å²) in [4.78, 5) is 0. The molecule has 0 fully saturated rings. The topological polar surface area (TPSA) is 18.5 Å². The predicted octanol–water partition coefficient (Wildman–Crippen LogP) is 3.40. The Kier molecular flexibility index (Phi) is 3.73. The van der Waals surface area contributed by atoms with E-state index >= 15 is 0 Å². The molecule has 1 rings (SSSR count). The molecule has 0 aliphatic rings. The van der Waals surface area contributed by atoms with Crippen LogP contribution in [0, 0.1) is 17.0 Å². The van der Waals surface area contributed by atoms with E-state index in [9.17, 15) is 8.78 Å². The van der Waals surface area contributed by atoms with Crippen molar-refractivity contribution in [1.29, 1.82) is 0 Å². The monoisotopic (exact) mass is 230 g/mol.